The van der Waals surface area contributed by atoms with Crippen LogP contribution in [0.2, 0.25) is 0 Å². The van der Waals surface area contributed by atoms with Crippen molar-refractivity contribution >= 4 is 23.5 Å². The molecule has 0 aliphatic rings. The lowest BCUT2D eigenvalue weighted by atomic mass is 10.0. The number of carbonyl (C=O) groups is 1. The lowest BCUT2D eigenvalue weighted by molar-refractivity contribution is -0.117. The maximum absolute atomic E-state index is 12.4. The van der Waals surface area contributed by atoms with Crippen LogP contribution in [0.15, 0.2) is 24.3 Å². The van der Waals surface area contributed by atoms with Crippen molar-refractivity contribution in [3.63, 3.8) is 0 Å². The summed E-state index contributed by atoms with van der Waals surface area (Å²) in [5.74, 6) is 2.00. The number of amides is 1. The van der Waals surface area contributed by atoms with Crippen molar-refractivity contribution in [2.24, 2.45) is 12.8 Å². The second-order valence-electron chi connectivity index (χ2n) is 5.51. The predicted molar refractivity (Wildman–Crippen MR) is 99.5 cm³/mol. The summed E-state index contributed by atoms with van der Waals surface area (Å²) in [5.41, 5.74) is 8.52. The number of hydrogen-bond acceptors (Lipinski definition) is 5. The number of hydrogen-bond donors (Lipinski definition) is 2. The first kappa shape index (κ1) is 18.4. The van der Waals surface area contributed by atoms with Gasteiger partial charge in [-0.3, -0.25) is 9.48 Å². The first-order chi connectivity index (χ1) is 11.5. The van der Waals surface area contributed by atoms with E-state index in [1.54, 1.807) is 30.6 Å². The number of anilines is 1. The van der Waals surface area contributed by atoms with Crippen molar-refractivity contribution in [1.82, 2.24) is 9.78 Å². The fourth-order valence-electron chi connectivity index (χ4n) is 2.56. The zero-order valence-corrected chi connectivity index (χ0v) is 15.3. The van der Waals surface area contributed by atoms with E-state index in [0.29, 0.717) is 12.2 Å². The maximum Gasteiger partial charge on any atom is 0.242 e. The lowest BCUT2D eigenvalue weighted by Crippen LogP contribution is -2.36. The van der Waals surface area contributed by atoms with Gasteiger partial charge in [-0.05, 0) is 31.4 Å². The Morgan fingerprint density at radius 2 is 2.17 bits per heavy atom. The summed E-state index contributed by atoms with van der Waals surface area (Å²) in [6.45, 7) is 1.91. The fourth-order valence-corrected chi connectivity index (χ4v) is 3.05. The van der Waals surface area contributed by atoms with E-state index in [1.165, 1.54) is 0 Å². The van der Waals surface area contributed by atoms with Gasteiger partial charge in [-0.15, -0.1) is 0 Å². The summed E-state index contributed by atoms with van der Waals surface area (Å²) < 4.78 is 7.11. The average molecular weight is 348 g/mol. The van der Waals surface area contributed by atoms with Gasteiger partial charge in [-0.2, -0.15) is 16.9 Å². The molecule has 2 aromatic rings. The number of ether oxygens (including phenoxy) is 1. The van der Waals surface area contributed by atoms with Crippen LogP contribution in [0.3, 0.4) is 0 Å². The Bertz CT molecular complexity index is 715. The largest absolute Gasteiger partial charge is 0.496 e. The van der Waals surface area contributed by atoms with Crippen LogP contribution >= 0.6 is 11.8 Å². The zero-order chi connectivity index (χ0) is 17.7. The van der Waals surface area contributed by atoms with E-state index in [2.05, 4.69) is 10.4 Å². The van der Waals surface area contributed by atoms with Crippen LogP contribution < -0.4 is 15.8 Å². The van der Waals surface area contributed by atoms with Gasteiger partial charge < -0.3 is 15.8 Å². The van der Waals surface area contributed by atoms with Crippen LogP contribution in [0.1, 0.15) is 12.1 Å². The number of aryl methyl sites for hydroxylation is 2. The van der Waals surface area contributed by atoms with E-state index >= 15 is 0 Å². The number of nitrogens with zero attached hydrogens (tertiary/aromatic N) is 2. The van der Waals surface area contributed by atoms with Crippen molar-refractivity contribution in [3.05, 3.63) is 30.0 Å². The summed E-state index contributed by atoms with van der Waals surface area (Å²) in [4.78, 5) is 12.4. The van der Waals surface area contributed by atoms with Gasteiger partial charge in [0, 0.05) is 12.6 Å². The van der Waals surface area contributed by atoms with Gasteiger partial charge in [0.2, 0.25) is 5.91 Å². The highest BCUT2D eigenvalue weighted by Crippen LogP contribution is 2.37. The van der Waals surface area contributed by atoms with E-state index in [0.717, 1.165) is 28.3 Å². The van der Waals surface area contributed by atoms with E-state index in [4.69, 9.17) is 10.5 Å². The van der Waals surface area contributed by atoms with Crippen LogP contribution in [0.25, 0.3) is 11.1 Å². The van der Waals surface area contributed by atoms with E-state index in [1.807, 2.05) is 37.4 Å². The molecule has 0 bridgehead atoms. The Morgan fingerprint density at radius 3 is 2.83 bits per heavy atom. The summed E-state index contributed by atoms with van der Waals surface area (Å²) in [7, 11) is 3.43. The minimum Gasteiger partial charge on any atom is -0.496 e. The van der Waals surface area contributed by atoms with Crippen LogP contribution in [0.4, 0.5) is 5.82 Å². The molecule has 0 fully saturated rings. The highest BCUT2D eigenvalue weighted by atomic mass is 32.2. The number of aromatic nitrogens is 2. The van der Waals surface area contributed by atoms with Crippen LogP contribution in [-0.4, -0.2) is 40.8 Å². The van der Waals surface area contributed by atoms with Crippen LogP contribution in [0.5, 0.6) is 5.75 Å². The zero-order valence-electron chi connectivity index (χ0n) is 14.5. The minimum atomic E-state index is -0.543. The molecule has 3 N–H and O–H groups in total. The molecule has 0 saturated carbocycles. The van der Waals surface area contributed by atoms with Gasteiger partial charge in [-0.1, -0.05) is 18.2 Å². The number of nitrogens with two attached hydrogens (primary N) is 1. The second kappa shape index (κ2) is 8.21. The summed E-state index contributed by atoms with van der Waals surface area (Å²) in [6.07, 6.45) is 2.63. The number of carbonyl (C=O) groups excluding carboxylic acids is 1. The third kappa shape index (κ3) is 3.91. The molecule has 1 unspecified atom stereocenters. The molecule has 1 heterocycles. The smallest absolute Gasteiger partial charge is 0.242 e. The molecular formula is C17H24N4O2S. The Labute approximate surface area is 146 Å². The molecule has 0 saturated heterocycles. The van der Waals surface area contributed by atoms with Crippen LogP contribution in [0, 0.1) is 6.92 Å². The Kier molecular flexibility index (Phi) is 6.28. The van der Waals surface area contributed by atoms with Gasteiger partial charge in [0.25, 0.3) is 0 Å². The number of para-hydroxylation sites is 1. The van der Waals surface area contributed by atoms with Crippen molar-refractivity contribution in [2.75, 3.05) is 24.4 Å². The van der Waals surface area contributed by atoms with E-state index < -0.39 is 6.04 Å². The quantitative estimate of drug-likeness (QED) is 0.803. The maximum atomic E-state index is 12.4. The molecule has 130 valence electrons. The molecule has 24 heavy (non-hydrogen) atoms. The third-order valence-corrected chi connectivity index (χ3v) is 4.45. The van der Waals surface area contributed by atoms with Crippen LogP contribution in [-0.2, 0) is 11.8 Å². The second-order valence-corrected chi connectivity index (χ2v) is 6.50. The van der Waals surface area contributed by atoms with E-state index in [-0.39, 0.29) is 5.91 Å². The number of nitrogens with one attached hydrogen (secondary N) is 1. The molecule has 0 aliphatic heterocycles. The highest BCUT2D eigenvalue weighted by molar-refractivity contribution is 7.98. The van der Waals surface area contributed by atoms with Gasteiger partial charge >= 0.3 is 0 Å². The molecule has 1 aromatic heterocycles. The first-order valence-electron chi connectivity index (χ1n) is 7.72. The Hall–Kier alpha value is -1.99. The highest BCUT2D eigenvalue weighted by Gasteiger charge is 2.22. The summed E-state index contributed by atoms with van der Waals surface area (Å²) >= 11 is 1.67. The number of methoxy groups -OCH3 is 1. The number of rotatable bonds is 7. The molecule has 1 aromatic carbocycles. The molecule has 0 aliphatic carbocycles. The molecular weight excluding hydrogens is 324 g/mol. The molecule has 1 amide bonds. The lowest BCUT2D eigenvalue weighted by Gasteiger charge is -2.14. The Balaban J connectivity index is 2.36. The molecule has 7 heteroatoms. The average Bonchev–Trinajstić information content (AvgIpc) is 2.85. The number of benzene rings is 1. The van der Waals surface area contributed by atoms with Crippen molar-refractivity contribution in [2.45, 2.75) is 19.4 Å². The van der Waals surface area contributed by atoms with Crippen molar-refractivity contribution in [3.8, 4) is 16.9 Å². The predicted octanol–water partition coefficient (Wildman–Crippen LogP) is 2.42. The standard InChI is InChI=1S/C17H24N4O2S/c1-11-15(12-7-5-6-8-14(12)23-3)16(21(2)20-11)19-17(22)13(18)9-10-24-4/h5-8,13H,9-10,18H2,1-4H3,(H,19,22). The summed E-state index contributed by atoms with van der Waals surface area (Å²) in [6, 6.07) is 7.13. The van der Waals surface area contributed by atoms with Crippen molar-refractivity contribution < 1.29 is 9.53 Å². The van der Waals surface area contributed by atoms with E-state index in [9.17, 15) is 4.79 Å². The van der Waals surface area contributed by atoms with Crippen molar-refractivity contribution in [1.29, 1.82) is 0 Å². The third-order valence-electron chi connectivity index (χ3n) is 3.81. The topological polar surface area (TPSA) is 82.2 Å². The molecule has 1 atom stereocenters. The normalized spacial score (nSPS) is 12.0. The first-order valence-corrected chi connectivity index (χ1v) is 9.11. The number of thioether (sulfide) groups is 1. The Morgan fingerprint density at radius 1 is 1.46 bits per heavy atom. The monoisotopic (exact) mass is 348 g/mol. The molecule has 2 rings (SSSR count). The minimum absolute atomic E-state index is 0.205. The summed E-state index contributed by atoms with van der Waals surface area (Å²) in [5, 5.41) is 7.37. The van der Waals surface area contributed by atoms with Gasteiger partial charge in [0.05, 0.1) is 24.4 Å². The molecule has 0 radical (unpaired) electrons. The van der Waals surface area contributed by atoms with Gasteiger partial charge in [0.1, 0.15) is 11.6 Å². The SMILES string of the molecule is COc1ccccc1-c1c(C)nn(C)c1NC(=O)C(N)CCSC. The van der Waals surface area contributed by atoms with Gasteiger partial charge in [0.15, 0.2) is 0 Å². The fraction of sp³-hybridized carbons (Fsp3) is 0.412. The van der Waals surface area contributed by atoms with Gasteiger partial charge in [-0.25, -0.2) is 0 Å². The molecule has 6 nitrogen and oxygen atoms in total. The molecule has 0 spiro atoms.